The Bertz CT molecular complexity index is 519. The summed E-state index contributed by atoms with van der Waals surface area (Å²) in [7, 11) is 1.67. The number of hydrogen-bond acceptors (Lipinski definition) is 4. The summed E-state index contributed by atoms with van der Waals surface area (Å²) >= 11 is 2.40. The summed E-state index contributed by atoms with van der Waals surface area (Å²) in [6.07, 6.45) is 7.64. The first-order valence-electron chi connectivity index (χ1n) is 9.41. The fraction of sp³-hybridized carbons (Fsp3) is 0.619. The summed E-state index contributed by atoms with van der Waals surface area (Å²) in [6, 6.07) is 7.95. The van der Waals surface area contributed by atoms with E-state index in [9.17, 15) is 5.11 Å². The highest BCUT2D eigenvalue weighted by molar-refractivity contribution is 14.1. The Morgan fingerprint density at radius 2 is 2.00 bits per heavy atom. The molecule has 1 aromatic rings. The average molecular weight is 474 g/mol. The molecule has 1 aliphatic heterocycles. The van der Waals surface area contributed by atoms with Crippen molar-refractivity contribution >= 4 is 22.6 Å². The van der Waals surface area contributed by atoms with E-state index in [1.807, 2.05) is 24.3 Å². The normalized spacial score (nSPS) is 22.6. The van der Waals surface area contributed by atoms with E-state index in [4.69, 9.17) is 14.2 Å². The summed E-state index contributed by atoms with van der Waals surface area (Å²) in [6.45, 7) is 4.21. The monoisotopic (exact) mass is 474 g/mol. The van der Waals surface area contributed by atoms with Crippen LogP contribution in [0.3, 0.4) is 0 Å². The van der Waals surface area contributed by atoms with E-state index < -0.39 is 6.10 Å². The van der Waals surface area contributed by atoms with Crippen LogP contribution in [0.15, 0.2) is 36.9 Å². The van der Waals surface area contributed by atoms with Gasteiger partial charge in [-0.25, -0.2) is 0 Å². The number of aliphatic hydroxyl groups is 1. The van der Waals surface area contributed by atoms with Gasteiger partial charge in [0.05, 0.1) is 38.1 Å². The Morgan fingerprint density at radius 1 is 1.27 bits per heavy atom. The van der Waals surface area contributed by atoms with Gasteiger partial charge < -0.3 is 19.3 Å². The fourth-order valence-electron chi connectivity index (χ4n) is 3.24. The molecule has 1 aromatic carbocycles. The molecule has 1 unspecified atom stereocenters. The first kappa shape index (κ1) is 21.7. The van der Waals surface area contributed by atoms with Gasteiger partial charge in [0.1, 0.15) is 5.75 Å². The molecule has 0 spiro atoms. The summed E-state index contributed by atoms with van der Waals surface area (Å²) in [5, 5.41) is 9.82. The lowest BCUT2D eigenvalue weighted by Gasteiger charge is -2.32. The van der Waals surface area contributed by atoms with Crippen LogP contribution < -0.4 is 4.74 Å². The van der Waals surface area contributed by atoms with Gasteiger partial charge in [-0.2, -0.15) is 0 Å². The van der Waals surface area contributed by atoms with Crippen LogP contribution in [0.1, 0.15) is 44.1 Å². The van der Waals surface area contributed by atoms with Crippen LogP contribution >= 0.6 is 22.6 Å². The summed E-state index contributed by atoms with van der Waals surface area (Å²) in [5.41, 5.74) is 1.12. The van der Waals surface area contributed by atoms with Gasteiger partial charge in [0.15, 0.2) is 0 Å². The Kier molecular flexibility index (Phi) is 9.96. The Hall–Kier alpha value is -0.630. The van der Waals surface area contributed by atoms with Crippen molar-refractivity contribution in [1.82, 2.24) is 0 Å². The average Bonchev–Trinajstić information content (AvgIpc) is 2.70. The van der Waals surface area contributed by atoms with Gasteiger partial charge in [-0.3, -0.25) is 0 Å². The maximum Gasteiger partial charge on any atom is 0.118 e. The molecule has 5 heteroatoms. The number of rotatable bonds is 11. The third-order valence-electron chi connectivity index (χ3n) is 4.84. The van der Waals surface area contributed by atoms with E-state index in [1.165, 1.54) is 6.42 Å². The number of aliphatic hydroxyl groups excluding tert-OH is 1. The molecule has 1 aliphatic rings. The molecule has 26 heavy (non-hydrogen) atoms. The van der Waals surface area contributed by atoms with Crippen LogP contribution in [0.25, 0.3) is 0 Å². The Balaban J connectivity index is 1.89. The van der Waals surface area contributed by atoms with Crippen molar-refractivity contribution in [3.05, 3.63) is 42.5 Å². The molecule has 1 N–H and O–H groups in total. The lowest BCUT2D eigenvalue weighted by atomic mass is 9.97. The molecule has 4 atom stereocenters. The standard InChI is InChI=1S/C21H31IO4/c1-3-17(23)9-12-19(13-20-5-4-6-21(14-22)26-20)25-15-16-7-10-18(24-2)11-8-16/h3,7-8,10-11,17,19-21,23H,1,4-6,9,12-15H2,2H3/t17?,19-,20-,21+/m0/s1. The minimum atomic E-state index is -0.476. The van der Waals surface area contributed by atoms with Crippen molar-refractivity contribution in [2.75, 3.05) is 11.5 Å². The molecule has 0 amide bonds. The topological polar surface area (TPSA) is 47.9 Å². The van der Waals surface area contributed by atoms with Crippen molar-refractivity contribution in [3.8, 4) is 5.75 Å². The first-order valence-corrected chi connectivity index (χ1v) is 10.9. The predicted octanol–water partition coefficient (Wildman–Crippen LogP) is 4.67. The molecular formula is C21H31IO4. The lowest BCUT2D eigenvalue weighted by molar-refractivity contribution is -0.0744. The zero-order chi connectivity index (χ0) is 18.8. The van der Waals surface area contributed by atoms with E-state index in [0.717, 1.165) is 41.4 Å². The van der Waals surface area contributed by atoms with Crippen LogP contribution in [0.5, 0.6) is 5.75 Å². The summed E-state index contributed by atoms with van der Waals surface area (Å²) in [5.74, 6) is 0.847. The molecule has 0 aromatic heterocycles. The number of benzene rings is 1. The summed E-state index contributed by atoms with van der Waals surface area (Å²) < 4.78 is 18.6. The molecule has 4 nitrogen and oxygen atoms in total. The highest BCUT2D eigenvalue weighted by atomic mass is 127. The first-order chi connectivity index (χ1) is 12.6. The van der Waals surface area contributed by atoms with Gasteiger partial charge in [0.25, 0.3) is 0 Å². The highest BCUT2D eigenvalue weighted by Gasteiger charge is 2.25. The fourth-order valence-corrected chi connectivity index (χ4v) is 3.89. The van der Waals surface area contributed by atoms with E-state index in [0.29, 0.717) is 19.1 Å². The third-order valence-corrected chi connectivity index (χ3v) is 5.82. The van der Waals surface area contributed by atoms with Crippen LogP contribution in [0.4, 0.5) is 0 Å². The molecule has 1 saturated heterocycles. The number of halogens is 1. The maximum absolute atomic E-state index is 9.82. The van der Waals surface area contributed by atoms with E-state index in [1.54, 1.807) is 13.2 Å². The third kappa shape index (κ3) is 7.55. The number of ether oxygens (including phenoxy) is 3. The molecule has 146 valence electrons. The molecule has 2 rings (SSSR count). The Morgan fingerprint density at radius 3 is 2.65 bits per heavy atom. The smallest absolute Gasteiger partial charge is 0.118 e. The largest absolute Gasteiger partial charge is 0.497 e. The van der Waals surface area contributed by atoms with Crippen molar-refractivity contribution in [1.29, 1.82) is 0 Å². The molecule has 1 fully saturated rings. The molecule has 0 bridgehead atoms. The van der Waals surface area contributed by atoms with Gasteiger partial charge in [-0.1, -0.05) is 40.8 Å². The number of methoxy groups -OCH3 is 1. The van der Waals surface area contributed by atoms with Gasteiger partial charge in [-0.05, 0) is 56.2 Å². The van der Waals surface area contributed by atoms with Crippen molar-refractivity contribution < 1.29 is 19.3 Å². The molecule has 0 saturated carbocycles. The lowest BCUT2D eigenvalue weighted by Crippen LogP contribution is -2.32. The molecule has 1 heterocycles. The van der Waals surface area contributed by atoms with Gasteiger partial charge in [0, 0.05) is 4.43 Å². The van der Waals surface area contributed by atoms with E-state index >= 15 is 0 Å². The van der Waals surface area contributed by atoms with Gasteiger partial charge >= 0.3 is 0 Å². The maximum atomic E-state index is 9.82. The van der Waals surface area contributed by atoms with Crippen LogP contribution in [0, 0.1) is 0 Å². The van der Waals surface area contributed by atoms with Gasteiger partial charge in [-0.15, -0.1) is 6.58 Å². The number of alkyl halides is 1. The molecular weight excluding hydrogens is 443 g/mol. The van der Waals surface area contributed by atoms with Gasteiger partial charge in [0.2, 0.25) is 0 Å². The zero-order valence-electron chi connectivity index (χ0n) is 15.6. The summed E-state index contributed by atoms with van der Waals surface area (Å²) in [4.78, 5) is 0. The van der Waals surface area contributed by atoms with E-state index in [2.05, 4.69) is 29.2 Å². The predicted molar refractivity (Wildman–Crippen MR) is 113 cm³/mol. The van der Waals surface area contributed by atoms with Crippen molar-refractivity contribution in [2.24, 2.45) is 0 Å². The van der Waals surface area contributed by atoms with Crippen molar-refractivity contribution in [2.45, 2.75) is 69.5 Å². The SMILES string of the molecule is C=CC(O)CC[C@@H](C[C@@H]1CCC[C@H](CI)O1)OCc1ccc(OC)cc1. The minimum Gasteiger partial charge on any atom is -0.497 e. The highest BCUT2D eigenvalue weighted by Crippen LogP contribution is 2.26. The van der Waals surface area contributed by atoms with Crippen LogP contribution in [0.2, 0.25) is 0 Å². The second kappa shape index (κ2) is 12.0. The molecule has 0 radical (unpaired) electrons. The molecule has 0 aliphatic carbocycles. The van der Waals surface area contributed by atoms with Crippen LogP contribution in [-0.4, -0.2) is 41.1 Å². The second-order valence-electron chi connectivity index (χ2n) is 6.86. The Labute approximate surface area is 171 Å². The zero-order valence-corrected chi connectivity index (χ0v) is 17.8. The minimum absolute atomic E-state index is 0.0738. The second-order valence-corrected chi connectivity index (χ2v) is 7.74. The van der Waals surface area contributed by atoms with Crippen LogP contribution in [-0.2, 0) is 16.1 Å². The van der Waals surface area contributed by atoms with Crippen molar-refractivity contribution in [3.63, 3.8) is 0 Å². The number of hydrogen-bond donors (Lipinski definition) is 1. The van der Waals surface area contributed by atoms with E-state index in [-0.39, 0.29) is 12.2 Å². The quantitative estimate of drug-likeness (QED) is 0.288.